The minimum absolute atomic E-state index is 0.0975. The van der Waals surface area contributed by atoms with E-state index in [1.807, 2.05) is 30.3 Å². The van der Waals surface area contributed by atoms with E-state index in [0.717, 1.165) is 11.8 Å². The van der Waals surface area contributed by atoms with Crippen LogP contribution in [0.15, 0.2) is 48.7 Å². The van der Waals surface area contributed by atoms with E-state index in [1.165, 1.54) is 6.07 Å². The van der Waals surface area contributed by atoms with Crippen LogP contribution in [0.1, 0.15) is 11.7 Å². The summed E-state index contributed by atoms with van der Waals surface area (Å²) >= 11 is 0. The Hall–Kier alpha value is -1.84. The molecule has 1 atom stereocenters. The molecule has 1 aromatic heterocycles. The topological polar surface area (TPSA) is 12.9 Å². The number of benzene rings is 1. The molecule has 0 spiro atoms. The van der Waals surface area contributed by atoms with Gasteiger partial charge in [-0.15, -0.1) is 0 Å². The van der Waals surface area contributed by atoms with Gasteiger partial charge in [0.2, 0.25) is 0 Å². The third-order valence-corrected chi connectivity index (χ3v) is 2.40. The van der Waals surface area contributed by atoms with Crippen molar-refractivity contribution >= 4 is 0 Å². The summed E-state index contributed by atoms with van der Waals surface area (Å²) in [7, 11) is 0. The molecule has 1 unspecified atom stereocenters. The smallest absolute Gasteiger partial charge is 0.256 e. The molecule has 0 aliphatic heterocycles. The van der Waals surface area contributed by atoms with Gasteiger partial charge >= 0.3 is 0 Å². The molecule has 0 N–H and O–H groups in total. The summed E-state index contributed by atoms with van der Waals surface area (Å²) in [5.74, 6) is 0. The van der Waals surface area contributed by atoms with Gasteiger partial charge in [-0.1, -0.05) is 36.4 Å². The second-order valence-corrected chi connectivity index (χ2v) is 3.58. The molecule has 2 rings (SSSR count). The molecule has 1 heterocycles. The second kappa shape index (κ2) is 4.99. The van der Waals surface area contributed by atoms with Gasteiger partial charge in [-0.2, -0.15) is 0 Å². The van der Waals surface area contributed by atoms with E-state index in [9.17, 15) is 13.2 Å². The highest BCUT2D eigenvalue weighted by molar-refractivity contribution is 5.58. The van der Waals surface area contributed by atoms with Gasteiger partial charge < -0.3 is 0 Å². The third kappa shape index (κ3) is 2.64. The van der Waals surface area contributed by atoms with Crippen molar-refractivity contribution in [2.24, 2.45) is 0 Å². The van der Waals surface area contributed by atoms with E-state index in [2.05, 4.69) is 4.98 Å². The maximum atomic E-state index is 13.0. The standard InChI is InChI=1S/C13H10F3N/c14-12(13(15)16)10-6-7-11(17-8-10)9-4-2-1-3-5-9/h1-8,12-13H. The highest BCUT2D eigenvalue weighted by Gasteiger charge is 2.21. The number of hydrogen-bond donors (Lipinski definition) is 0. The number of halogens is 3. The van der Waals surface area contributed by atoms with Gasteiger partial charge in [0.15, 0.2) is 6.17 Å². The fourth-order valence-electron chi connectivity index (χ4n) is 1.49. The van der Waals surface area contributed by atoms with Crippen LogP contribution in [0.25, 0.3) is 11.3 Å². The van der Waals surface area contributed by atoms with Crippen LogP contribution in [0.2, 0.25) is 0 Å². The number of pyridine rings is 1. The molecular formula is C13H10F3N. The SMILES string of the molecule is FC(F)C(F)c1ccc(-c2ccccc2)nc1. The summed E-state index contributed by atoms with van der Waals surface area (Å²) in [6.07, 6.45) is -4.13. The third-order valence-electron chi connectivity index (χ3n) is 2.40. The van der Waals surface area contributed by atoms with Crippen LogP contribution >= 0.6 is 0 Å². The molecular weight excluding hydrogens is 227 g/mol. The van der Waals surface area contributed by atoms with E-state index < -0.39 is 12.6 Å². The van der Waals surface area contributed by atoms with E-state index in [4.69, 9.17) is 0 Å². The summed E-state index contributed by atoms with van der Waals surface area (Å²) in [5.41, 5.74) is 1.40. The quantitative estimate of drug-likeness (QED) is 0.785. The van der Waals surface area contributed by atoms with Gasteiger partial charge in [0.1, 0.15) is 0 Å². The largest absolute Gasteiger partial charge is 0.273 e. The van der Waals surface area contributed by atoms with Crippen LogP contribution in [0.3, 0.4) is 0 Å². The maximum absolute atomic E-state index is 13.0. The van der Waals surface area contributed by atoms with Crippen LogP contribution in [-0.2, 0) is 0 Å². The van der Waals surface area contributed by atoms with Gasteiger partial charge in [0.25, 0.3) is 6.43 Å². The molecule has 0 aliphatic rings. The van der Waals surface area contributed by atoms with Gasteiger partial charge in [-0.05, 0) is 6.07 Å². The van der Waals surface area contributed by atoms with Crippen LogP contribution in [0.5, 0.6) is 0 Å². The average Bonchev–Trinajstić information content (AvgIpc) is 2.39. The first-order chi connectivity index (χ1) is 8.18. The minimum atomic E-state index is -3.01. The number of rotatable bonds is 3. The molecule has 0 aliphatic carbocycles. The minimum Gasteiger partial charge on any atom is -0.256 e. The predicted octanol–water partition coefficient (Wildman–Crippen LogP) is 4.02. The summed E-state index contributed by atoms with van der Waals surface area (Å²) < 4.78 is 37.3. The van der Waals surface area contributed by atoms with E-state index in [0.29, 0.717) is 5.69 Å². The van der Waals surface area contributed by atoms with Crippen LogP contribution in [0.4, 0.5) is 13.2 Å². The molecule has 0 radical (unpaired) electrons. The summed E-state index contributed by atoms with van der Waals surface area (Å²) in [4.78, 5) is 3.98. The molecule has 88 valence electrons. The fourth-order valence-corrected chi connectivity index (χ4v) is 1.49. The molecule has 1 aromatic carbocycles. The Kier molecular flexibility index (Phi) is 3.42. The molecule has 0 saturated carbocycles. The zero-order valence-corrected chi connectivity index (χ0v) is 8.85. The Bertz CT molecular complexity index is 468. The van der Waals surface area contributed by atoms with Crippen molar-refractivity contribution in [3.63, 3.8) is 0 Å². The van der Waals surface area contributed by atoms with Crippen molar-refractivity contribution in [2.75, 3.05) is 0 Å². The molecule has 0 saturated heterocycles. The van der Waals surface area contributed by atoms with Crippen molar-refractivity contribution in [1.29, 1.82) is 0 Å². The molecule has 0 amide bonds. The van der Waals surface area contributed by atoms with Crippen molar-refractivity contribution in [1.82, 2.24) is 4.98 Å². The fraction of sp³-hybridized carbons (Fsp3) is 0.154. The van der Waals surface area contributed by atoms with Crippen molar-refractivity contribution in [3.05, 3.63) is 54.2 Å². The number of alkyl halides is 3. The summed E-state index contributed by atoms with van der Waals surface area (Å²) in [6.45, 7) is 0. The Labute approximate surface area is 96.9 Å². The van der Waals surface area contributed by atoms with Crippen molar-refractivity contribution in [3.8, 4) is 11.3 Å². The molecule has 0 bridgehead atoms. The number of hydrogen-bond acceptors (Lipinski definition) is 1. The Morgan fingerprint density at radius 2 is 1.59 bits per heavy atom. The van der Waals surface area contributed by atoms with Crippen LogP contribution < -0.4 is 0 Å². The van der Waals surface area contributed by atoms with Gasteiger partial charge in [-0.3, -0.25) is 4.98 Å². The van der Waals surface area contributed by atoms with E-state index >= 15 is 0 Å². The van der Waals surface area contributed by atoms with Crippen molar-refractivity contribution < 1.29 is 13.2 Å². The van der Waals surface area contributed by atoms with Crippen LogP contribution in [-0.4, -0.2) is 11.4 Å². The van der Waals surface area contributed by atoms with Gasteiger partial charge in [0, 0.05) is 17.3 Å². The summed E-state index contributed by atoms with van der Waals surface area (Å²) in [5, 5.41) is 0. The maximum Gasteiger partial charge on any atom is 0.273 e. The first-order valence-electron chi connectivity index (χ1n) is 5.12. The van der Waals surface area contributed by atoms with E-state index in [-0.39, 0.29) is 5.56 Å². The average molecular weight is 237 g/mol. The first kappa shape index (κ1) is 11.6. The van der Waals surface area contributed by atoms with Gasteiger partial charge in [0.05, 0.1) is 5.69 Å². The zero-order chi connectivity index (χ0) is 12.3. The molecule has 2 aromatic rings. The van der Waals surface area contributed by atoms with Crippen LogP contribution in [0, 0.1) is 0 Å². The number of aromatic nitrogens is 1. The lowest BCUT2D eigenvalue weighted by molar-refractivity contribution is 0.0494. The number of nitrogens with zero attached hydrogens (tertiary/aromatic N) is 1. The lowest BCUT2D eigenvalue weighted by atomic mass is 10.1. The van der Waals surface area contributed by atoms with Gasteiger partial charge in [-0.25, -0.2) is 13.2 Å². The lowest BCUT2D eigenvalue weighted by Gasteiger charge is -2.07. The predicted molar refractivity (Wildman–Crippen MR) is 59.5 cm³/mol. The molecule has 17 heavy (non-hydrogen) atoms. The highest BCUT2D eigenvalue weighted by Crippen LogP contribution is 2.25. The molecule has 1 nitrogen and oxygen atoms in total. The normalized spacial score (nSPS) is 12.7. The Balaban J connectivity index is 2.25. The first-order valence-corrected chi connectivity index (χ1v) is 5.12. The zero-order valence-electron chi connectivity index (χ0n) is 8.85. The lowest BCUT2D eigenvalue weighted by Crippen LogP contribution is -2.03. The second-order valence-electron chi connectivity index (χ2n) is 3.58. The Morgan fingerprint density at radius 3 is 2.12 bits per heavy atom. The summed E-state index contributed by atoms with van der Waals surface area (Å²) in [6, 6.07) is 12.1. The Morgan fingerprint density at radius 1 is 0.882 bits per heavy atom. The molecule has 4 heteroatoms. The monoisotopic (exact) mass is 237 g/mol. The molecule has 0 fully saturated rings. The van der Waals surface area contributed by atoms with Crippen molar-refractivity contribution in [2.45, 2.75) is 12.6 Å². The highest BCUT2D eigenvalue weighted by atomic mass is 19.3. The van der Waals surface area contributed by atoms with E-state index in [1.54, 1.807) is 6.07 Å².